The summed E-state index contributed by atoms with van der Waals surface area (Å²) in [5.41, 5.74) is 1.45. The Kier molecular flexibility index (Phi) is 4.73. The molecule has 0 atom stereocenters. The predicted molar refractivity (Wildman–Crippen MR) is 82.6 cm³/mol. The van der Waals surface area contributed by atoms with E-state index >= 15 is 0 Å². The number of aromatic nitrogens is 2. The number of carboxylic acids is 1. The molecule has 0 aliphatic rings. The van der Waals surface area contributed by atoms with Crippen LogP contribution in [-0.2, 0) is 11.2 Å². The summed E-state index contributed by atoms with van der Waals surface area (Å²) in [6.07, 6.45) is 3.47. The average Bonchev–Trinajstić information content (AvgIpc) is 2.45. The first kappa shape index (κ1) is 15.5. The average molecular weight is 300 g/mol. The maximum Gasteiger partial charge on any atom is 0.303 e. The zero-order chi connectivity index (χ0) is 16.1. The molecule has 22 heavy (non-hydrogen) atoms. The second-order valence-electron chi connectivity index (χ2n) is 4.83. The molecule has 0 saturated heterocycles. The Morgan fingerprint density at radius 1 is 1.27 bits per heavy atom. The number of aromatic amines is 1. The molecular weight excluding hydrogens is 284 g/mol. The SMILES string of the molecule is Cc1nc(/C=C/c2ccc(O)cc2)[nH]c(=O)c1CCC(=O)O. The number of aryl methyl sites for hydroxylation is 1. The summed E-state index contributed by atoms with van der Waals surface area (Å²) in [7, 11) is 0. The van der Waals surface area contributed by atoms with Crippen LogP contribution in [0, 0.1) is 6.92 Å². The third-order valence-electron chi connectivity index (χ3n) is 3.16. The highest BCUT2D eigenvalue weighted by Crippen LogP contribution is 2.12. The molecular formula is C16H16N2O4. The first-order chi connectivity index (χ1) is 10.5. The maximum atomic E-state index is 12.0. The molecule has 0 bridgehead atoms. The Bertz CT molecular complexity index is 761. The quantitative estimate of drug-likeness (QED) is 0.783. The number of carboxylic acid groups (broad SMARTS) is 1. The van der Waals surface area contributed by atoms with Gasteiger partial charge in [0, 0.05) is 17.7 Å². The largest absolute Gasteiger partial charge is 0.508 e. The van der Waals surface area contributed by atoms with Gasteiger partial charge in [0.2, 0.25) is 0 Å². The topological polar surface area (TPSA) is 103 Å². The molecule has 0 saturated carbocycles. The molecule has 0 unspecified atom stereocenters. The number of nitrogens with one attached hydrogen (secondary N) is 1. The monoisotopic (exact) mass is 300 g/mol. The molecule has 0 aliphatic carbocycles. The molecule has 6 heteroatoms. The molecule has 6 nitrogen and oxygen atoms in total. The summed E-state index contributed by atoms with van der Waals surface area (Å²) in [5.74, 6) is -0.368. The zero-order valence-corrected chi connectivity index (χ0v) is 12.0. The fourth-order valence-corrected chi connectivity index (χ4v) is 2.00. The van der Waals surface area contributed by atoms with E-state index < -0.39 is 5.97 Å². The molecule has 1 aromatic heterocycles. The van der Waals surface area contributed by atoms with E-state index in [0.717, 1.165) is 5.56 Å². The Balaban J connectivity index is 2.21. The molecule has 0 aliphatic heterocycles. The third-order valence-corrected chi connectivity index (χ3v) is 3.16. The van der Waals surface area contributed by atoms with Gasteiger partial charge < -0.3 is 15.2 Å². The lowest BCUT2D eigenvalue weighted by Gasteiger charge is -2.04. The fraction of sp³-hybridized carbons (Fsp3) is 0.188. The Hall–Kier alpha value is -2.89. The van der Waals surface area contributed by atoms with Crippen molar-refractivity contribution in [1.29, 1.82) is 0 Å². The minimum Gasteiger partial charge on any atom is -0.508 e. The summed E-state index contributed by atoms with van der Waals surface area (Å²) in [4.78, 5) is 29.4. The molecule has 2 rings (SSSR count). The minimum absolute atomic E-state index is 0.103. The van der Waals surface area contributed by atoms with Gasteiger partial charge in [0.15, 0.2) is 0 Å². The van der Waals surface area contributed by atoms with Crippen LogP contribution < -0.4 is 5.56 Å². The van der Waals surface area contributed by atoms with E-state index in [1.807, 2.05) is 0 Å². The number of phenols is 1. The van der Waals surface area contributed by atoms with Crippen molar-refractivity contribution in [2.24, 2.45) is 0 Å². The molecule has 0 radical (unpaired) electrons. The van der Waals surface area contributed by atoms with Crippen molar-refractivity contribution in [3.8, 4) is 5.75 Å². The van der Waals surface area contributed by atoms with E-state index in [4.69, 9.17) is 5.11 Å². The maximum absolute atomic E-state index is 12.0. The van der Waals surface area contributed by atoms with Gasteiger partial charge in [-0.15, -0.1) is 0 Å². The number of carbonyl (C=O) groups is 1. The smallest absolute Gasteiger partial charge is 0.303 e. The lowest BCUT2D eigenvalue weighted by molar-refractivity contribution is -0.136. The van der Waals surface area contributed by atoms with Crippen LogP contribution in [0.2, 0.25) is 0 Å². The van der Waals surface area contributed by atoms with Crippen LogP contribution >= 0.6 is 0 Å². The molecule has 3 N–H and O–H groups in total. The molecule has 2 aromatic rings. The van der Waals surface area contributed by atoms with Crippen LogP contribution in [0.5, 0.6) is 5.75 Å². The van der Waals surface area contributed by atoms with Gasteiger partial charge in [0.25, 0.3) is 5.56 Å². The van der Waals surface area contributed by atoms with Gasteiger partial charge in [0.05, 0.1) is 0 Å². The Labute approximate surface area is 126 Å². The summed E-state index contributed by atoms with van der Waals surface area (Å²) in [6.45, 7) is 1.68. The van der Waals surface area contributed by atoms with E-state index in [1.165, 1.54) is 0 Å². The number of nitrogens with zero attached hydrogens (tertiary/aromatic N) is 1. The molecule has 1 heterocycles. The van der Waals surface area contributed by atoms with Gasteiger partial charge in [-0.1, -0.05) is 18.2 Å². The highest BCUT2D eigenvalue weighted by molar-refractivity contribution is 5.68. The van der Waals surface area contributed by atoms with Crippen molar-refractivity contribution in [1.82, 2.24) is 9.97 Å². The third kappa shape index (κ3) is 4.05. The van der Waals surface area contributed by atoms with Gasteiger partial charge in [-0.25, -0.2) is 4.98 Å². The number of rotatable bonds is 5. The Morgan fingerprint density at radius 3 is 2.55 bits per heavy atom. The lowest BCUT2D eigenvalue weighted by Crippen LogP contribution is -2.18. The van der Waals surface area contributed by atoms with Crippen molar-refractivity contribution in [3.05, 3.63) is 57.3 Å². The van der Waals surface area contributed by atoms with Crippen LogP contribution in [0.15, 0.2) is 29.1 Å². The van der Waals surface area contributed by atoms with Gasteiger partial charge >= 0.3 is 5.97 Å². The molecule has 0 fully saturated rings. The first-order valence-electron chi connectivity index (χ1n) is 6.74. The van der Waals surface area contributed by atoms with Crippen molar-refractivity contribution in [3.63, 3.8) is 0 Å². The van der Waals surface area contributed by atoms with Crippen molar-refractivity contribution >= 4 is 18.1 Å². The molecule has 114 valence electrons. The van der Waals surface area contributed by atoms with Gasteiger partial charge in [-0.3, -0.25) is 9.59 Å². The lowest BCUT2D eigenvalue weighted by atomic mass is 10.1. The van der Waals surface area contributed by atoms with E-state index in [2.05, 4.69) is 9.97 Å². The van der Waals surface area contributed by atoms with Crippen LogP contribution in [0.25, 0.3) is 12.2 Å². The standard InChI is InChI=1S/C16H16N2O4/c1-10-13(7-9-15(20)21)16(22)18-14(17-10)8-4-11-2-5-12(19)6-3-11/h2-6,8,19H,7,9H2,1H3,(H,20,21)(H,17,18,22)/b8-4+. The number of benzene rings is 1. The fourth-order valence-electron chi connectivity index (χ4n) is 2.00. The van der Waals surface area contributed by atoms with Crippen LogP contribution in [0.1, 0.15) is 29.1 Å². The second-order valence-corrected chi connectivity index (χ2v) is 4.83. The normalized spacial score (nSPS) is 11.0. The van der Waals surface area contributed by atoms with E-state index in [9.17, 15) is 14.7 Å². The number of aromatic hydroxyl groups is 1. The highest BCUT2D eigenvalue weighted by atomic mass is 16.4. The minimum atomic E-state index is -0.949. The molecule has 0 amide bonds. The first-order valence-corrected chi connectivity index (χ1v) is 6.74. The Morgan fingerprint density at radius 2 is 1.95 bits per heavy atom. The number of H-pyrrole nitrogens is 1. The summed E-state index contributed by atoms with van der Waals surface area (Å²) < 4.78 is 0. The highest BCUT2D eigenvalue weighted by Gasteiger charge is 2.09. The van der Waals surface area contributed by atoms with Crippen molar-refractivity contribution in [2.45, 2.75) is 19.8 Å². The number of aliphatic carboxylic acids is 1. The van der Waals surface area contributed by atoms with Gasteiger partial charge in [-0.05, 0) is 37.1 Å². The number of hydrogen-bond donors (Lipinski definition) is 3. The van der Waals surface area contributed by atoms with Crippen molar-refractivity contribution < 1.29 is 15.0 Å². The van der Waals surface area contributed by atoms with Crippen LogP contribution in [0.3, 0.4) is 0 Å². The summed E-state index contributed by atoms with van der Waals surface area (Å²) >= 11 is 0. The predicted octanol–water partition coefficient (Wildman–Crippen LogP) is 1.97. The summed E-state index contributed by atoms with van der Waals surface area (Å²) in [5, 5.41) is 17.9. The van der Waals surface area contributed by atoms with Crippen LogP contribution in [0.4, 0.5) is 0 Å². The second kappa shape index (κ2) is 6.71. The number of phenolic OH excluding ortho intramolecular Hbond substituents is 1. The molecule has 0 spiro atoms. The van der Waals surface area contributed by atoms with E-state index in [0.29, 0.717) is 17.1 Å². The number of hydrogen-bond acceptors (Lipinski definition) is 4. The van der Waals surface area contributed by atoms with Crippen molar-refractivity contribution in [2.75, 3.05) is 0 Å². The zero-order valence-electron chi connectivity index (χ0n) is 12.0. The van der Waals surface area contributed by atoms with E-state index in [1.54, 1.807) is 43.3 Å². The van der Waals surface area contributed by atoms with Gasteiger partial charge in [-0.2, -0.15) is 0 Å². The van der Waals surface area contributed by atoms with E-state index in [-0.39, 0.29) is 24.2 Å². The molecule has 1 aromatic carbocycles. The van der Waals surface area contributed by atoms with Gasteiger partial charge in [0.1, 0.15) is 11.6 Å². The van der Waals surface area contributed by atoms with Crippen LogP contribution in [-0.4, -0.2) is 26.2 Å². The summed E-state index contributed by atoms with van der Waals surface area (Å²) in [6, 6.07) is 6.60.